The van der Waals surface area contributed by atoms with Gasteiger partial charge in [0.1, 0.15) is 5.75 Å². The van der Waals surface area contributed by atoms with E-state index in [-0.39, 0.29) is 18.3 Å². The number of benzene rings is 1. The van der Waals surface area contributed by atoms with Crippen molar-refractivity contribution in [3.8, 4) is 5.75 Å². The standard InChI is InChI=1S/C14H16N2O4S/c1-9(17)15-14-16(7-6-13(18)20-3)11-8-10(19-2)4-5-12(11)21-14/h4-5,8H,6-7H2,1-3H3. The molecular formula is C14H16N2O4S. The summed E-state index contributed by atoms with van der Waals surface area (Å²) in [6.07, 6.45) is 0.213. The summed E-state index contributed by atoms with van der Waals surface area (Å²) in [5.41, 5.74) is 0.878. The van der Waals surface area contributed by atoms with Crippen LogP contribution in [0.1, 0.15) is 13.3 Å². The van der Waals surface area contributed by atoms with E-state index in [0.29, 0.717) is 17.1 Å². The molecule has 0 radical (unpaired) electrons. The van der Waals surface area contributed by atoms with Gasteiger partial charge in [-0.2, -0.15) is 4.99 Å². The Morgan fingerprint density at radius 1 is 1.33 bits per heavy atom. The van der Waals surface area contributed by atoms with E-state index in [4.69, 9.17) is 4.74 Å². The maximum Gasteiger partial charge on any atom is 0.307 e. The Labute approximate surface area is 125 Å². The van der Waals surface area contributed by atoms with Crippen LogP contribution in [0.4, 0.5) is 0 Å². The molecule has 0 saturated heterocycles. The first-order valence-electron chi connectivity index (χ1n) is 6.34. The minimum atomic E-state index is -0.307. The molecule has 21 heavy (non-hydrogen) atoms. The van der Waals surface area contributed by atoms with E-state index in [1.54, 1.807) is 7.11 Å². The summed E-state index contributed by atoms with van der Waals surface area (Å²) in [6.45, 7) is 1.79. The molecule has 1 amide bonds. The van der Waals surface area contributed by atoms with Crippen LogP contribution >= 0.6 is 11.3 Å². The van der Waals surface area contributed by atoms with E-state index >= 15 is 0 Å². The summed E-state index contributed by atoms with van der Waals surface area (Å²) in [6, 6.07) is 5.62. The van der Waals surface area contributed by atoms with Crippen molar-refractivity contribution in [2.24, 2.45) is 4.99 Å². The van der Waals surface area contributed by atoms with E-state index in [1.807, 2.05) is 22.8 Å². The van der Waals surface area contributed by atoms with Crippen molar-refractivity contribution >= 4 is 33.4 Å². The highest BCUT2D eigenvalue weighted by Gasteiger charge is 2.10. The lowest BCUT2D eigenvalue weighted by Gasteiger charge is -2.05. The van der Waals surface area contributed by atoms with Gasteiger partial charge in [-0.15, -0.1) is 0 Å². The Kier molecular flexibility index (Phi) is 4.74. The zero-order valence-corrected chi connectivity index (χ0v) is 12.9. The number of aromatic nitrogens is 1. The van der Waals surface area contributed by atoms with Gasteiger partial charge in [0.2, 0.25) is 5.91 Å². The number of ether oxygens (including phenoxy) is 2. The van der Waals surface area contributed by atoms with Gasteiger partial charge < -0.3 is 14.0 Å². The topological polar surface area (TPSA) is 69.9 Å². The molecule has 0 atom stereocenters. The fourth-order valence-corrected chi connectivity index (χ4v) is 3.00. The third-order valence-corrected chi connectivity index (χ3v) is 3.97. The Balaban J connectivity index is 2.55. The molecule has 0 bridgehead atoms. The molecule has 0 unspecified atom stereocenters. The fourth-order valence-electron chi connectivity index (χ4n) is 1.92. The predicted molar refractivity (Wildman–Crippen MR) is 79.2 cm³/mol. The van der Waals surface area contributed by atoms with E-state index in [9.17, 15) is 9.59 Å². The van der Waals surface area contributed by atoms with E-state index < -0.39 is 0 Å². The normalized spacial score (nSPS) is 11.7. The van der Waals surface area contributed by atoms with Crippen LogP contribution in [0.2, 0.25) is 0 Å². The minimum absolute atomic E-state index is 0.213. The summed E-state index contributed by atoms with van der Waals surface area (Å²) >= 11 is 1.40. The van der Waals surface area contributed by atoms with E-state index in [1.165, 1.54) is 25.4 Å². The molecule has 7 heteroatoms. The quantitative estimate of drug-likeness (QED) is 0.806. The zero-order chi connectivity index (χ0) is 15.4. The van der Waals surface area contributed by atoms with Crippen LogP contribution < -0.4 is 9.54 Å². The SMILES string of the molecule is COC(=O)CCn1c(=NC(C)=O)sc2ccc(OC)cc21. The van der Waals surface area contributed by atoms with Gasteiger partial charge in [-0.1, -0.05) is 11.3 Å². The smallest absolute Gasteiger partial charge is 0.307 e. The number of esters is 1. The number of hydrogen-bond acceptors (Lipinski definition) is 5. The number of amides is 1. The van der Waals surface area contributed by atoms with Gasteiger partial charge in [-0.05, 0) is 12.1 Å². The Morgan fingerprint density at radius 2 is 2.10 bits per heavy atom. The summed E-state index contributed by atoms with van der Waals surface area (Å²) in [5, 5.41) is 0. The fraction of sp³-hybridized carbons (Fsp3) is 0.357. The molecule has 0 N–H and O–H groups in total. The lowest BCUT2D eigenvalue weighted by molar-refractivity contribution is -0.140. The molecule has 1 aromatic carbocycles. The Hall–Kier alpha value is -2.15. The van der Waals surface area contributed by atoms with E-state index in [2.05, 4.69) is 9.73 Å². The summed E-state index contributed by atoms with van der Waals surface area (Å²) in [7, 11) is 2.94. The van der Waals surface area contributed by atoms with Crippen molar-refractivity contribution in [1.29, 1.82) is 0 Å². The lowest BCUT2D eigenvalue weighted by Crippen LogP contribution is -2.18. The maximum atomic E-state index is 11.3. The van der Waals surface area contributed by atoms with Crippen LogP contribution in [0.15, 0.2) is 23.2 Å². The molecule has 2 rings (SSSR count). The first kappa shape index (κ1) is 15.2. The molecule has 6 nitrogen and oxygen atoms in total. The van der Waals surface area contributed by atoms with Crippen molar-refractivity contribution in [2.45, 2.75) is 19.9 Å². The van der Waals surface area contributed by atoms with Gasteiger partial charge in [0.25, 0.3) is 0 Å². The Morgan fingerprint density at radius 3 is 2.71 bits per heavy atom. The molecule has 112 valence electrons. The van der Waals surface area contributed by atoms with Gasteiger partial charge in [-0.25, -0.2) is 0 Å². The van der Waals surface area contributed by atoms with Crippen LogP contribution in [-0.4, -0.2) is 30.7 Å². The number of carbonyl (C=O) groups excluding carboxylic acids is 2. The molecule has 1 aromatic heterocycles. The third kappa shape index (κ3) is 3.49. The number of carbonyl (C=O) groups is 2. The summed E-state index contributed by atoms with van der Waals surface area (Å²) in [5.74, 6) is 0.125. The van der Waals surface area contributed by atoms with Crippen LogP contribution in [0.25, 0.3) is 10.2 Å². The second-order valence-electron chi connectivity index (χ2n) is 4.33. The molecule has 2 aromatic rings. The highest BCUT2D eigenvalue weighted by atomic mass is 32.1. The van der Waals surface area contributed by atoms with Gasteiger partial charge in [0.15, 0.2) is 4.80 Å². The van der Waals surface area contributed by atoms with E-state index in [0.717, 1.165) is 10.2 Å². The average molecular weight is 308 g/mol. The first-order chi connectivity index (χ1) is 10.0. The predicted octanol–water partition coefficient (Wildman–Crippen LogP) is 1.72. The van der Waals surface area contributed by atoms with Gasteiger partial charge in [0, 0.05) is 19.5 Å². The molecule has 0 aliphatic heterocycles. The molecule has 0 saturated carbocycles. The van der Waals surface area contributed by atoms with Crippen LogP contribution in [0.3, 0.4) is 0 Å². The summed E-state index contributed by atoms with van der Waals surface area (Å²) < 4.78 is 12.7. The number of fused-ring (bicyclic) bond motifs is 1. The number of rotatable bonds is 4. The van der Waals surface area contributed by atoms with Crippen LogP contribution in [-0.2, 0) is 20.9 Å². The second kappa shape index (κ2) is 6.53. The number of thiazole rings is 1. The van der Waals surface area contributed by atoms with Crippen molar-refractivity contribution < 1.29 is 19.1 Å². The van der Waals surface area contributed by atoms with Crippen LogP contribution in [0, 0.1) is 0 Å². The first-order valence-corrected chi connectivity index (χ1v) is 7.16. The highest BCUT2D eigenvalue weighted by Crippen LogP contribution is 2.23. The number of nitrogens with zero attached hydrogens (tertiary/aromatic N) is 2. The maximum absolute atomic E-state index is 11.3. The zero-order valence-electron chi connectivity index (χ0n) is 12.1. The van der Waals surface area contributed by atoms with Crippen molar-refractivity contribution in [2.75, 3.05) is 14.2 Å². The number of aryl methyl sites for hydroxylation is 1. The number of hydrogen-bond donors (Lipinski definition) is 0. The largest absolute Gasteiger partial charge is 0.497 e. The van der Waals surface area contributed by atoms with Gasteiger partial charge in [-0.3, -0.25) is 9.59 Å². The summed E-state index contributed by atoms with van der Waals surface area (Å²) in [4.78, 5) is 27.2. The molecule has 0 aliphatic carbocycles. The number of methoxy groups -OCH3 is 2. The van der Waals surface area contributed by atoms with Crippen molar-refractivity contribution in [3.05, 3.63) is 23.0 Å². The minimum Gasteiger partial charge on any atom is -0.497 e. The van der Waals surface area contributed by atoms with Crippen molar-refractivity contribution in [3.63, 3.8) is 0 Å². The molecular weight excluding hydrogens is 292 g/mol. The Bertz CT molecular complexity index is 745. The highest BCUT2D eigenvalue weighted by molar-refractivity contribution is 7.16. The van der Waals surface area contributed by atoms with Crippen LogP contribution in [0.5, 0.6) is 5.75 Å². The lowest BCUT2D eigenvalue weighted by atomic mass is 10.3. The van der Waals surface area contributed by atoms with Gasteiger partial charge in [0.05, 0.1) is 30.9 Å². The molecule has 0 aliphatic rings. The second-order valence-corrected chi connectivity index (χ2v) is 5.34. The molecule has 0 fully saturated rings. The molecule has 1 heterocycles. The molecule has 0 spiro atoms. The van der Waals surface area contributed by atoms with Gasteiger partial charge >= 0.3 is 5.97 Å². The van der Waals surface area contributed by atoms with Crippen molar-refractivity contribution in [1.82, 2.24) is 4.57 Å². The average Bonchev–Trinajstić information content (AvgIpc) is 2.80. The third-order valence-electron chi connectivity index (χ3n) is 2.91. The monoisotopic (exact) mass is 308 g/mol.